The summed E-state index contributed by atoms with van der Waals surface area (Å²) in [6.07, 6.45) is 3.53. The average Bonchev–Trinajstić information content (AvgIpc) is 2.71. The maximum absolute atomic E-state index is 14.8. The predicted octanol–water partition coefficient (Wildman–Crippen LogP) is 3.53. The molecule has 8 heteroatoms. The second-order valence-electron chi connectivity index (χ2n) is 9.40. The maximum Gasteiger partial charge on any atom is 0.306 e. The molecule has 6 rings (SSSR count). The predicted molar refractivity (Wildman–Crippen MR) is 109 cm³/mol. The van der Waals surface area contributed by atoms with Gasteiger partial charge in [0.05, 0.1) is 6.61 Å². The minimum Gasteiger partial charge on any atom is -0.466 e. The Bertz CT molecular complexity index is 837. The molecule has 4 heterocycles. The number of hydrogen-bond acceptors (Lipinski definition) is 6. The Morgan fingerprint density at radius 1 is 1.27 bits per heavy atom. The number of aromatic nitrogens is 2. The van der Waals surface area contributed by atoms with Gasteiger partial charge in [0.25, 0.3) is 5.92 Å². The van der Waals surface area contributed by atoms with Gasteiger partial charge in [-0.25, -0.2) is 4.98 Å². The lowest BCUT2D eigenvalue weighted by Gasteiger charge is -2.54. The molecule has 4 fully saturated rings. The highest BCUT2D eigenvalue weighted by Crippen LogP contribution is 2.50. The number of halogens is 2. The van der Waals surface area contributed by atoms with Crippen molar-refractivity contribution in [3.63, 3.8) is 0 Å². The Balaban J connectivity index is 1.42. The number of carbonyl (C=O) groups is 1. The van der Waals surface area contributed by atoms with E-state index in [0.29, 0.717) is 61.0 Å². The van der Waals surface area contributed by atoms with Crippen LogP contribution in [0.15, 0.2) is 0 Å². The summed E-state index contributed by atoms with van der Waals surface area (Å²) in [5.74, 6) is -0.722. The molecule has 3 aliphatic heterocycles. The van der Waals surface area contributed by atoms with Crippen molar-refractivity contribution in [3.8, 4) is 0 Å². The van der Waals surface area contributed by atoms with Crippen molar-refractivity contribution in [1.29, 1.82) is 0 Å². The molecule has 30 heavy (non-hydrogen) atoms. The number of nitrogens with zero attached hydrogens (tertiary/aromatic N) is 4. The summed E-state index contributed by atoms with van der Waals surface area (Å²) >= 11 is 0. The van der Waals surface area contributed by atoms with Gasteiger partial charge in [-0.05, 0) is 57.3 Å². The van der Waals surface area contributed by atoms with Crippen molar-refractivity contribution in [2.75, 3.05) is 36.0 Å². The van der Waals surface area contributed by atoms with E-state index in [0.717, 1.165) is 32.5 Å². The first-order chi connectivity index (χ1) is 14.4. The van der Waals surface area contributed by atoms with Crippen molar-refractivity contribution < 1.29 is 18.3 Å². The standard InChI is InChI=1S/C22H30F2N4O2/c1-3-30-18(29)10-17-14-9-15(17)12-27(11-14)20-16-5-4-7-22(23,24)19(16)25-21(26-20)28-8-6-13(28)2/h13-15,17H,3-12H2,1-2H3/t13-,14?,15?,17?/m0/s1. The van der Waals surface area contributed by atoms with Gasteiger partial charge in [0.1, 0.15) is 11.5 Å². The van der Waals surface area contributed by atoms with Crippen molar-refractivity contribution in [1.82, 2.24) is 9.97 Å². The summed E-state index contributed by atoms with van der Waals surface area (Å²) in [7, 11) is 0. The molecule has 6 nitrogen and oxygen atoms in total. The second-order valence-corrected chi connectivity index (χ2v) is 9.40. The number of anilines is 2. The van der Waals surface area contributed by atoms with Crippen molar-refractivity contribution >= 4 is 17.7 Å². The van der Waals surface area contributed by atoms with Gasteiger partial charge in [0.2, 0.25) is 5.95 Å². The Morgan fingerprint density at radius 3 is 2.67 bits per heavy atom. The third-order valence-electron chi connectivity index (χ3n) is 7.55. The summed E-state index contributed by atoms with van der Waals surface area (Å²) in [5.41, 5.74) is 0.571. The zero-order valence-corrected chi connectivity index (χ0v) is 17.7. The van der Waals surface area contributed by atoms with Gasteiger partial charge in [-0.1, -0.05) is 0 Å². The molecule has 3 atom stereocenters. The molecule has 0 N–H and O–H groups in total. The van der Waals surface area contributed by atoms with Gasteiger partial charge >= 0.3 is 5.97 Å². The molecular formula is C22H30F2N4O2. The fourth-order valence-electron chi connectivity index (χ4n) is 5.71. The van der Waals surface area contributed by atoms with E-state index in [-0.39, 0.29) is 24.1 Å². The summed E-state index contributed by atoms with van der Waals surface area (Å²) in [4.78, 5) is 25.4. The fourth-order valence-corrected chi connectivity index (χ4v) is 5.71. The van der Waals surface area contributed by atoms with E-state index in [1.807, 2.05) is 11.8 Å². The molecule has 0 radical (unpaired) electrons. The van der Waals surface area contributed by atoms with Gasteiger partial charge in [-0.2, -0.15) is 13.8 Å². The van der Waals surface area contributed by atoms with Crippen LogP contribution in [-0.2, 0) is 21.9 Å². The number of ether oxygens (including phenoxy) is 1. The van der Waals surface area contributed by atoms with Gasteiger partial charge in [0.15, 0.2) is 0 Å². The molecule has 164 valence electrons. The molecule has 5 aliphatic rings. The molecule has 0 spiro atoms. The summed E-state index contributed by atoms with van der Waals surface area (Å²) in [6, 6.07) is 0.289. The summed E-state index contributed by atoms with van der Waals surface area (Å²) < 4.78 is 34.7. The van der Waals surface area contributed by atoms with Crippen molar-refractivity contribution in [2.24, 2.45) is 17.8 Å². The third-order valence-corrected chi connectivity index (χ3v) is 7.55. The van der Waals surface area contributed by atoms with E-state index in [1.54, 1.807) is 0 Å². The maximum atomic E-state index is 14.8. The summed E-state index contributed by atoms with van der Waals surface area (Å²) in [5, 5.41) is 0. The first-order valence-electron chi connectivity index (χ1n) is 11.3. The van der Waals surface area contributed by atoms with E-state index in [2.05, 4.69) is 16.8 Å². The van der Waals surface area contributed by atoms with E-state index < -0.39 is 5.92 Å². The van der Waals surface area contributed by atoms with Crippen molar-refractivity contribution in [3.05, 3.63) is 11.3 Å². The molecule has 2 bridgehead atoms. The lowest BCUT2D eigenvalue weighted by Crippen LogP contribution is -2.56. The molecule has 1 aromatic rings. The van der Waals surface area contributed by atoms with Gasteiger partial charge in [-0.3, -0.25) is 4.79 Å². The average molecular weight is 421 g/mol. The Morgan fingerprint density at radius 2 is 2.03 bits per heavy atom. The van der Waals surface area contributed by atoms with E-state index in [1.165, 1.54) is 0 Å². The van der Waals surface area contributed by atoms with Crippen LogP contribution in [-0.4, -0.2) is 48.2 Å². The quantitative estimate of drug-likeness (QED) is 0.680. The molecule has 2 aliphatic carbocycles. The van der Waals surface area contributed by atoms with Crippen LogP contribution in [0.4, 0.5) is 20.5 Å². The zero-order chi connectivity index (χ0) is 21.0. The topological polar surface area (TPSA) is 58.6 Å². The van der Waals surface area contributed by atoms with Gasteiger partial charge < -0.3 is 14.5 Å². The molecule has 0 aromatic carbocycles. The lowest BCUT2D eigenvalue weighted by atomic mass is 9.60. The number of carbonyl (C=O) groups excluding carboxylic acids is 1. The Hall–Kier alpha value is -1.99. The molecule has 1 saturated carbocycles. The monoisotopic (exact) mass is 420 g/mol. The van der Waals surface area contributed by atoms with Crippen LogP contribution in [0.3, 0.4) is 0 Å². The zero-order valence-electron chi connectivity index (χ0n) is 17.7. The smallest absolute Gasteiger partial charge is 0.306 e. The first-order valence-corrected chi connectivity index (χ1v) is 11.3. The minimum atomic E-state index is -2.89. The van der Waals surface area contributed by atoms with Crippen LogP contribution < -0.4 is 9.80 Å². The highest BCUT2D eigenvalue weighted by atomic mass is 19.3. The highest BCUT2D eigenvalue weighted by Gasteiger charge is 2.49. The van der Waals surface area contributed by atoms with Crippen LogP contribution in [0.2, 0.25) is 0 Å². The number of alkyl halides is 2. The van der Waals surface area contributed by atoms with Crippen molar-refractivity contribution in [2.45, 2.75) is 64.3 Å². The highest BCUT2D eigenvalue weighted by molar-refractivity contribution is 5.70. The largest absolute Gasteiger partial charge is 0.466 e. The van der Waals surface area contributed by atoms with Gasteiger partial charge in [-0.15, -0.1) is 0 Å². The Labute approximate surface area is 176 Å². The van der Waals surface area contributed by atoms with Crippen LogP contribution in [0, 0.1) is 17.8 Å². The Kier molecular flexibility index (Phi) is 4.86. The molecule has 2 unspecified atom stereocenters. The van der Waals surface area contributed by atoms with E-state index in [4.69, 9.17) is 9.72 Å². The third kappa shape index (κ3) is 3.23. The molecule has 1 aromatic heterocycles. The number of hydrogen-bond donors (Lipinski definition) is 0. The second kappa shape index (κ2) is 7.31. The number of esters is 1. The van der Waals surface area contributed by atoms with E-state index in [9.17, 15) is 13.6 Å². The van der Waals surface area contributed by atoms with Crippen LogP contribution >= 0.6 is 0 Å². The molecule has 0 amide bonds. The fraction of sp³-hybridized carbons (Fsp3) is 0.773. The van der Waals surface area contributed by atoms with E-state index >= 15 is 0 Å². The SMILES string of the molecule is CCOC(=O)CC1C2CC1CN(c1nc(N3CC[C@@H]3C)nc3c1CCCC3(F)F)C2. The normalized spacial score (nSPS) is 31.5. The first kappa shape index (κ1) is 19.9. The molecule has 3 saturated heterocycles. The number of rotatable bonds is 5. The van der Waals surface area contributed by atoms with Crippen LogP contribution in [0.25, 0.3) is 0 Å². The van der Waals surface area contributed by atoms with Crippen LogP contribution in [0.5, 0.6) is 0 Å². The lowest BCUT2D eigenvalue weighted by molar-refractivity contribution is -0.147. The molecular weight excluding hydrogens is 390 g/mol. The van der Waals surface area contributed by atoms with Crippen LogP contribution in [0.1, 0.15) is 57.2 Å². The minimum absolute atomic E-state index is 0.0600. The number of fused-ring (bicyclic) bond motifs is 3. The van der Waals surface area contributed by atoms with Gasteiger partial charge in [0, 0.05) is 44.1 Å². The number of piperidine rings is 2. The summed E-state index contributed by atoms with van der Waals surface area (Å²) in [6.45, 7) is 6.67.